The van der Waals surface area contributed by atoms with Crippen LogP contribution in [0.3, 0.4) is 0 Å². The topological polar surface area (TPSA) is 102 Å². The van der Waals surface area contributed by atoms with Crippen molar-refractivity contribution in [2.45, 2.75) is 12.5 Å². The van der Waals surface area contributed by atoms with Gasteiger partial charge in [0.2, 0.25) is 5.91 Å². The number of para-hydroxylation sites is 1. The fraction of sp³-hybridized carbons (Fsp3) is 0.185. The number of anilines is 1. The molecule has 1 unspecified atom stereocenters. The van der Waals surface area contributed by atoms with Crippen molar-refractivity contribution < 1.29 is 23.8 Å². The largest absolute Gasteiger partial charge is 0.497 e. The van der Waals surface area contributed by atoms with Crippen molar-refractivity contribution in [2.75, 3.05) is 25.6 Å². The molecule has 1 aliphatic heterocycles. The van der Waals surface area contributed by atoms with E-state index < -0.39 is 6.04 Å². The number of methoxy groups -OCH3 is 1. The number of carbonyl (C=O) groups is 2. The lowest BCUT2D eigenvalue weighted by atomic mass is 10.0. The number of nitrogens with one attached hydrogen (secondary N) is 3. The molecule has 178 valence electrons. The number of rotatable bonds is 7. The molecule has 2 amide bonds. The zero-order valence-corrected chi connectivity index (χ0v) is 19.2. The van der Waals surface area contributed by atoms with Gasteiger partial charge < -0.3 is 29.8 Å². The average molecular weight is 472 g/mol. The molecule has 1 aromatic heterocycles. The summed E-state index contributed by atoms with van der Waals surface area (Å²) in [6.07, 6.45) is 1.95. The molecular weight excluding hydrogens is 446 g/mol. The van der Waals surface area contributed by atoms with E-state index in [2.05, 4.69) is 15.6 Å². The summed E-state index contributed by atoms with van der Waals surface area (Å²) in [5.41, 5.74) is 2.99. The van der Waals surface area contributed by atoms with Crippen LogP contribution in [0.15, 0.2) is 72.9 Å². The predicted molar refractivity (Wildman–Crippen MR) is 132 cm³/mol. The lowest BCUT2D eigenvalue weighted by molar-refractivity contribution is -0.126. The van der Waals surface area contributed by atoms with Gasteiger partial charge in [-0.1, -0.05) is 30.3 Å². The van der Waals surface area contributed by atoms with Gasteiger partial charge in [0.25, 0.3) is 5.91 Å². The third-order valence-corrected chi connectivity index (χ3v) is 5.85. The van der Waals surface area contributed by atoms with E-state index in [0.717, 1.165) is 16.5 Å². The molecular formula is C27H25N3O5. The molecule has 3 aromatic carbocycles. The molecule has 35 heavy (non-hydrogen) atoms. The molecule has 1 atom stereocenters. The number of hydrogen-bond donors (Lipinski definition) is 3. The third-order valence-electron chi connectivity index (χ3n) is 5.85. The Hall–Kier alpha value is -4.46. The van der Waals surface area contributed by atoms with Crippen molar-refractivity contribution >= 4 is 28.4 Å². The number of aromatic amines is 1. The summed E-state index contributed by atoms with van der Waals surface area (Å²) in [5.74, 6) is 1.21. The maximum absolute atomic E-state index is 13.4. The summed E-state index contributed by atoms with van der Waals surface area (Å²) in [4.78, 5) is 29.6. The predicted octanol–water partition coefficient (Wildman–Crippen LogP) is 3.99. The van der Waals surface area contributed by atoms with Crippen LogP contribution in [-0.4, -0.2) is 37.1 Å². The van der Waals surface area contributed by atoms with E-state index in [9.17, 15) is 9.59 Å². The molecule has 0 radical (unpaired) electrons. The molecule has 5 rings (SSSR count). The Morgan fingerprint density at radius 1 is 1.00 bits per heavy atom. The molecule has 8 heteroatoms. The van der Waals surface area contributed by atoms with Crippen molar-refractivity contribution in [1.82, 2.24) is 10.3 Å². The minimum Gasteiger partial charge on any atom is -0.497 e. The van der Waals surface area contributed by atoms with Crippen LogP contribution in [0.25, 0.3) is 10.9 Å². The molecule has 1 aliphatic rings. The van der Waals surface area contributed by atoms with Gasteiger partial charge in [-0.2, -0.15) is 0 Å². The molecule has 2 heterocycles. The van der Waals surface area contributed by atoms with Crippen LogP contribution in [0.1, 0.15) is 17.2 Å². The molecule has 0 saturated carbocycles. The second-order valence-electron chi connectivity index (χ2n) is 8.16. The molecule has 0 spiro atoms. The maximum Gasteiger partial charge on any atom is 0.251 e. The quantitative estimate of drug-likeness (QED) is 0.378. The zero-order chi connectivity index (χ0) is 24.2. The van der Waals surface area contributed by atoms with Crippen LogP contribution < -0.4 is 24.8 Å². The lowest BCUT2D eigenvalue weighted by Crippen LogP contribution is -2.37. The van der Waals surface area contributed by atoms with Gasteiger partial charge >= 0.3 is 0 Å². The van der Waals surface area contributed by atoms with Crippen LogP contribution in [0.5, 0.6) is 17.2 Å². The van der Waals surface area contributed by atoms with Gasteiger partial charge in [0.15, 0.2) is 11.5 Å². The van der Waals surface area contributed by atoms with Crippen molar-refractivity contribution in [1.29, 1.82) is 0 Å². The van der Waals surface area contributed by atoms with E-state index in [4.69, 9.17) is 14.2 Å². The Kier molecular flexibility index (Phi) is 6.26. The number of H-pyrrole nitrogens is 1. The van der Waals surface area contributed by atoms with Crippen molar-refractivity contribution in [2.24, 2.45) is 0 Å². The maximum atomic E-state index is 13.4. The van der Waals surface area contributed by atoms with E-state index >= 15 is 0 Å². The number of benzene rings is 3. The molecule has 0 saturated heterocycles. The Balaban J connectivity index is 1.36. The Morgan fingerprint density at radius 2 is 1.77 bits per heavy atom. The number of carbonyl (C=O) groups excluding carboxylic acids is 2. The molecule has 3 N–H and O–H groups in total. The van der Waals surface area contributed by atoms with E-state index in [1.165, 1.54) is 0 Å². The summed E-state index contributed by atoms with van der Waals surface area (Å²) in [6, 6.07) is 19.1. The number of ether oxygens (including phenoxy) is 3. The first-order valence-electron chi connectivity index (χ1n) is 11.3. The minimum absolute atomic E-state index is 0.133. The Bertz CT molecular complexity index is 1360. The summed E-state index contributed by atoms with van der Waals surface area (Å²) < 4.78 is 16.4. The normalized spacial score (nSPS) is 13.2. The van der Waals surface area contributed by atoms with Gasteiger partial charge in [-0.25, -0.2) is 0 Å². The number of fused-ring (bicyclic) bond motifs is 2. The van der Waals surface area contributed by atoms with Crippen LogP contribution >= 0.6 is 0 Å². The highest BCUT2D eigenvalue weighted by atomic mass is 16.6. The zero-order valence-electron chi connectivity index (χ0n) is 19.2. The second kappa shape index (κ2) is 9.80. The van der Waals surface area contributed by atoms with Crippen molar-refractivity contribution in [3.63, 3.8) is 0 Å². The standard InChI is InChI=1S/C27H25N3O5/c1-33-20-9-6-17(7-10-20)26(27(32)29-19-8-11-23-24(15-19)35-13-12-34-23)30-25(31)14-18-16-28-22-5-3-2-4-21(18)22/h2-11,15-16,26,28H,12-14H2,1H3,(H,29,32)(H,30,31). The summed E-state index contributed by atoms with van der Waals surface area (Å²) in [5, 5.41) is 6.76. The fourth-order valence-corrected chi connectivity index (χ4v) is 4.10. The molecule has 0 bridgehead atoms. The minimum atomic E-state index is -0.910. The highest BCUT2D eigenvalue weighted by Gasteiger charge is 2.24. The van der Waals surface area contributed by atoms with E-state index in [1.54, 1.807) is 49.6 Å². The van der Waals surface area contributed by atoms with E-state index in [0.29, 0.717) is 41.7 Å². The summed E-state index contributed by atoms with van der Waals surface area (Å²) in [6.45, 7) is 0.934. The van der Waals surface area contributed by atoms with Crippen LogP contribution in [0, 0.1) is 0 Å². The second-order valence-corrected chi connectivity index (χ2v) is 8.16. The number of aromatic nitrogens is 1. The third kappa shape index (κ3) is 4.91. The smallest absolute Gasteiger partial charge is 0.251 e. The molecule has 8 nitrogen and oxygen atoms in total. The van der Waals surface area contributed by atoms with Crippen LogP contribution in [0.4, 0.5) is 5.69 Å². The van der Waals surface area contributed by atoms with Gasteiger partial charge in [-0.15, -0.1) is 0 Å². The van der Waals surface area contributed by atoms with E-state index in [1.807, 2.05) is 30.5 Å². The van der Waals surface area contributed by atoms with Crippen molar-refractivity contribution in [3.8, 4) is 17.2 Å². The summed E-state index contributed by atoms with van der Waals surface area (Å²) in [7, 11) is 1.57. The van der Waals surface area contributed by atoms with Gasteiger partial charge in [0.1, 0.15) is 25.0 Å². The van der Waals surface area contributed by atoms with E-state index in [-0.39, 0.29) is 18.2 Å². The first kappa shape index (κ1) is 22.3. The SMILES string of the molecule is COc1ccc(C(NC(=O)Cc2c[nH]c3ccccc23)C(=O)Nc2ccc3c(c2)OCCO3)cc1. The molecule has 0 fully saturated rings. The Morgan fingerprint density at radius 3 is 2.57 bits per heavy atom. The van der Waals surface area contributed by atoms with Crippen LogP contribution in [-0.2, 0) is 16.0 Å². The highest BCUT2D eigenvalue weighted by Crippen LogP contribution is 2.33. The monoisotopic (exact) mass is 471 g/mol. The first-order chi connectivity index (χ1) is 17.1. The molecule has 4 aromatic rings. The Labute approximate surface area is 202 Å². The van der Waals surface area contributed by atoms with Gasteiger partial charge in [0.05, 0.1) is 13.5 Å². The summed E-state index contributed by atoms with van der Waals surface area (Å²) >= 11 is 0. The van der Waals surface area contributed by atoms with Crippen LogP contribution in [0.2, 0.25) is 0 Å². The average Bonchev–Trinajstić information content (AvgIpc) is 3.30. The van der Waals surface area contributed by atoms with Crippen molar-refractivity contribution in [3.05, 3.63) is 84.1 Å². The van der Waals surface area contributed by atoms with Gasteiger partial charge in [-0.05, 0) is 41.5 Å². The van der Waals surface area contributed by atoms with Gasteiger partial charge in [0, 0.05) is 28.9 Å². The number of hydrogen-bond acceptors (Lipinski definition) is 5. The van der Waals surface area contributed by atoms with Gasteiger partial charge in [-0.3, -0.25) is 9.59 Å². The molecule has 0 aliphatic carbocycles. The lowest BCUT2D eigenvalue weighted by Gasteiger charge is -2.21. The fourth-order valence-electron chi connectivity index (χ4n) is 4.10. The number of amides is 2. The first-order valence-corrected chi connectivity index (χ1v) is 11.3. The highest BCUT2D eigenvalue weighted by molar-refractivity contribution is 5.99.